The van der Waals surface area contributed by atoms with Crippen molar-refractivity contribution in [3.8, 4) is 0 Å². The lowest BCUT2D eigenvalue weighted by Crippen LogP contribution is -2.49. The van der Waals surface area contributed by atoms with E-state index >= 15 is 0 Å². The first-order valence-electron chi connectivity index (χ1n) is 12.7. The molecular formula is C28H28F3N5O2S. The Morgan fingerprint density at radius 2 is 1.79 bits per heavy atom. The third-order valence-corrected chi connectivity index (χ3v) is 7.44. The minimum atomic E-state index is -4.38. The van der Waals surface area contributed by atoms with Gasteiger partial charge in [-0.15, -0.1) is 0 Å². The lowest BCUT2D eigenvalue weighted by Gasteiger charge is -2.36. The lowest BCUT2D eigenvalue weighted by atomic mass is 10.1. The number of halogens is 3. The van der Waals surface area contributed by atoms with Gasteiger partial charge in [-0.3, -0.25) is 4.79 Å². The molecule has 1 saturated heterocycles. The summed E-state index contributed by atoms with van der Waals surface area (Å²) in [4.78, 5) is 23.5. The molecule has 4 aromatic rings. The van der Waals surface area contributed by atoms with Crippen LogP contribution in [-0.2, 0) is 23.9 Å². The van der Waals surface area contributed by atoms with E-state index < -0.39 is 11.7 Å². The summed E-state index contributed by atoms with van der Waals surface area (Å²) in [6.07, 6.45) is -1.87. The van der Waals surface area contributed by atoms with Crippen molar-refractivity contribution >= 4 is 28.3 Å². The quantitative estimate of drug-likeness (QED) is 0.272. The summed E-state index contributed by atoms with van der Waals surface area (Å²) >= 11 is 1.30. The van der Waals surface area contributed by atoms with Crippen LogP contribution in [-0.4, -0.2) is 52.9 Å². The molecule has 7 nitrogen and oxygen atoms in total. The number of hydrogen-bond acceptors (Lipinski definition) is 7. The fraction of sp³-hybridized carbons (Fsp3) is 0.321. The molecule has 204 valence electrons. The van der Waals surface area contributed by atoms with Crippen LogP contribution < -0.4 is 9.80 Å². The van der Waals surface area contributed by atoms with Crippen molar-refractivity contribution in [2.75, 3.05) is 42.5 Å². The van der Waals surface area contributed by atoms with E-state index in [-0.39, 0.29) is 12.3 Å². The molecule has 2 aromatic heterocycles. The number of benzene rings is 2. The monoisotopic (exact) mass is 555 g/mol. The number of carbonyl (C=O) groups is 1. The highest BCUT2D eigenvalue weighted by molar-refractivity contribution is 7.09. The van der Waals surface area contributed by atoms with Crippen LogP contribution in [0, 0.1) is 0 Å². The summed E-state index contributed by atoms with van der Waals surface area (Å²) in [5.41, 5.74) is 0.974. The smallest absolute Gasteiger partial charge is 0.416 e. The van der Waals surface area contributed by atoms with Gasteiger partial charge >= 0.3 is 6.18 Å². The topological polar surface area (TPSA) is 65.7 Å². The van der Waals surface area contributed by atoms with Gasteiger partial charge < -0.3 is 19.1 Å². The van der Waals surface area contributed by atoms with Crippen LogP contribution in [0.4, 0.5) is 24.0 Å². The molecular weight excluding hydrogens is 527 g/mol. The Morgan fingerprint density at radius 1 is 1.00 bits per heavy atom. The Bertz CT molecular complexity index is 1350. The molecule has 1 aliphatic heterocycles. The van der Waals surface area contributed by atoms with Crippen molar-refractivity contribution in [3.05, 3.63) is 95.7 Å². The Labute approximate surface area is 228 Å². The SMILES string of the molecule is O=C(CCN(Cc1ccco1)c1nc(Cc2ccccc2)ns1)N1CCN(c2cccc(C(F)(F)F)c2)CC1. The fourth-order valence-corrected chi connectivity index (χ4v) is 5.25. The van der Waals surface area contributed by atoms with E-state index in [1.54, 1.807) is 17.2 Å². The average Bonchev–Trinajstić information content (AvgIpc) is 3.63. The fourth-order valence-electron chi connectivity index (χ4n) is 4.54. The molecule has 2 aromatic carbocycles. The van der Waals surface area contributed by atoms with Gasteiger partial charge in [-0.05, 0) is 35.9 Å². The van der Waals surface area contributed by atoms with E-state index in [2.05, 4.69) is 4.37 Å². The Balaban J connectivity index is 1.19. The minimum absolute atomic E-state index is 0.00263. The zero-order chi connectivity index (χ0) is 27.2. The molecule has 0 N–H and O–H groups in total. The third-order valence-electron chi connectivity index (χ3n) is 6.63. The number of hydrogen-bond donors (Lipinski definition) is 0. The zero-order valence-electron chi connectivity index (χ0n) is 21.2. The molecule has 0 unspecified atom stereocenters. The highest BCUT2D eigenvalue weighted by Crippen LogP contribution is 2.32. The van der Waals surface area contributed by atoms with E-state index in [1.807, 2.05) is 52.3 Å². The van der Waals surface area contributed by atoms with Gasteiger partial charge in [0.15, 0.2) is 0 Å². The second-order valence-electron chi connectivity index (χ2n) is 9.32. The van der Waals surface area contributed by atoms with E-state index in [1.165, 1.54) is 17.6 Å². The maximum Gasteiger partial charge on any atom is 0.416 e. The van der Waals surface area contributed by atoms with Crippen LogP contribution in [0.1, 0.15) is 29.1 Å². The van der Waals surface area contributed by atoms with Crippen LogP contribution in [0.2, 0.25) is 0 Å². The van der Waals surface area contributed by atoms with Crippen LogP contribution in [0.25, 0.3) is 0 Å². The molecule has 1 fully saturated rings. The second kappa shape index (κ2) is 11.9. The van der Waals surface area contributed by atoms with E-state index in [0.717, 1.165) is 34.4 Å². The maximum atomic E-state index is 13.1. The molecule has 0 aliphatic carbocycles. The first-order valence-corrected chi connectivity index (χ1v) is 13.5. The van der Waals surface area contributed by atoms with Crippen molar-refractivity contribution in [1.29, 1.82) is 0 Å². The number of alkyl halides is 3. The summed E-state index contributed by atoms with van der Waals surface area (Å²) in [6.45, 7) is 2.75. The van der Waals surface area contributed by atoms with Crippen LogP contribution in [0.3, 0.4) is 0 Å². The van der Waals surface area contributed by atoms with Gasteiger partial charge in [0, 0.05) is 62.8 Å². The molecule has 5 rings (SSSR count). The van der Waals surface area contributed by atoms with E-state index in [9.17, 15) is 18.0 Å². The van der Waals surface area contributed by atoms with Crippen LogP contribution >= 0.6 is 11.5 Å². The largest absolute Gasteiger partial charge is 0.467 e. The Kier molecular flexibility index (Phi) is 8.16. The number of carbonyl (C=O) groups excluding carboxylic acids is 1. The number of amides is 1. The number of aromatic nitrogens is 2. The number of furan rings is 1. The highest BCUT2D eigenvalue weighted by Gasteiger charge is 2.31. The molecule has 0 saturated carbocycles. The van der Waals surface area contributed by atoms with Gasteiger partial charge in [0.1, 0.15) is 11.6 Å². The van der Waals surface area contributed by atoms with Crippen molar-refractivity contribution in [1.82, 2.24) is 14.3 Å². The number of nitrogens with zero attached hydrogens (tertiary/aromatic N) is 5. The van der Waals surface area contributed by atoms with Gasteiger partial charge in [0.05, 0.1) is 18.4 Å². The summed E-state index contributed by atoms with van der Waals surface area (Å²) in [5.74, 6) is 1.48. The predicted molar refractivity (Wildman–Crippen MR) is 144 cm³/mol. The standard InChI is InChI=1S/C28H28F3N5O2S/c29-28(30,31)22-8-4-9-23(19-22)34-13-15-35(16-14-34)26(37)11-12-36(20-24-10-5-17-38-24)27-32-25(33-39-27)18-21-6-2-1-3-7-21/h1-10,17,19H,11-16,18,20H2. The Hall–Kier alpha value is -3.86. The molecule has 0 bridgehead atoms. The molecule has 0 radical (unpaired) electrons. The molecule has 11 heteroatoms. The van der Waals surface area contributed by atoms with Gasteiger partial charge in [0.2, 0.25) is 11.0 Å². The van der Waals surface area contributed by atoms with E-state index in [0.29, 0.717) is 51.4 Å². The zero-order valence-corrected chi connectivity index (χ0v) is 22.0. The first kappa shape index (κ1) is 26.7. The molecule has 39 heavy (non-hydrogen) atoms. The van der Waals surface area contributed by atoms with Crippen LogP contribution in [0.5, 0.6) is 0 Å². The van der Waals surface area contributed by atoms with Gasteiger partial charge in [-0.2, -0.15) is 17.5 Å². The predicted octanol–water partition coefficient (Wildman–Crippen LogP) is 5.49. The highest BCUT2D eigenvalue weighted by atomic mass is 32.1. The van der Waals surface area contributed by atoms with Gasteiger partial charge in [-0.1, -0.05) is 36.4 Å². The molecule has 1 aliphatic rings. The molecule has 1 amide bonds. The Morgan fingerprint density at radius 3 is 2.51 bits per heavy atom. The molecule has 0 atom stereocenters. The maximum absolute atomic E-state index is 13.1. The summed E-state index contributed by atoms with van der Waals surface area (Å²) in [7, 11) is 0. The van der Waals surface area contributed by atoms with Crippen LogP contribution in [0.15, 0.2) is 77.4 Å². The molecule has 3 heterocycles. The normalized spacial score (nSPS) is 14.0. The van der Waals surface area contributed by atoms with Crippen molar-refractivity contribution in [3.63, 3.8) is 0 Å². The minimum Gasteiger partial charge on any atom is -0.467 e. The third kappa shape index (κ3) is 6.97. The van der Waals surface area contributed by atoms with Gasteiger partial charge in [0.25, 0.3) is 0 Å². The number of piperazine rings is 1. The van der Waals surface area contributed by atoms with Gasteiger partial charge in [-0.25, -0.2) is 4.98 Å². The van der Waals surface area contributed by atoms with Crippen molar-refractivity contribution in [2.45, 2.75) is 25.6 Å². The molecule has 0 spiro atoms. The van der Waals surface area contributed by atoms with Crippen molar-refractivity contribution in [2.24, 2.45) is 0 Å². The number of anilines is 2. The number of rotatable bonds is 9. The lowest BCUT2D eigenvalue weighted by molar-refractivity contribution is -0.137. The van der Waals surface area contributed by atoms with E-state index in [4.69, 9.17) is 9.40 Å². The van der Waals surface area contributed by atoms with Crippen molar-refractivity contribution < 1.29 is 22.4 Å². The summed E-state index contributed by atoms with van der Waals surface area (Å²) < 4.78 is 49.4. The average molecular weight is 556 g/mol. The summed E-state index contributed by atoms with van der Waals surface area (Å²) in [6, 6.07) is 19.0. The first-order chi connectivity index (χ1) is 18.8. The summed E-state index contributed by atoms with van der Waals surface area (Å²) in [5, 5.41) is 0.722. The second-order valence-corrected chi connectivity index (χ2v) is 10.1.